The van der Waals surface area contributed by atoms with Crippen LogP contribution in [0.2, 0.25) is 5.02 Å². The highest BCUT2D eigenvalue weighted by molar-refractivity contribution is 6.31. The Labute approximate surface area is 157 Å². The van der Waals surface area contributed by atoms with Crippen LogP contribution < -0.4 is 15.4 Å². The number of anilines is 4. The fourth-order valence-electron chi connectivity index (χ4n) is 2.61. The van der Waals surface area contributed by atoms with Crippen LogP contribution in [0.4, 0.5) is 23.1 Å². The minimum Gasteiger partial charge on any atom is -0.495 e. The molecule has 0 radical (unpaired) electrons. The number of nitrogens with one attached hydrogen (secondary N) is 2. The van der Waals surface area contributed by atoms with E-state index in [1.54, 1.807) is 19.4 Å². The zero-order chi connectivity index (χ0) is 18.7. The van der Waals surface area contributed by atoms with Gasteiger partial charge in [0.1, 0.15) is 5.75 Å². The van der Waals surface area contributed by atoms with E-state index in [9.17, 15) is 0 Å². The van der Waals surface area contributed by atoms with Crippen LogP contribution >= 0.6 is 11.6 Å². The maximum absolute atomic E-state index is 6.15. The van der Waals surface area contributed by atoms with Crippen molar-refractivity contribution in [3.63, 3.8) is 0 Å². The Hall–Kier alpha value is -2.86. The lowest BCUT2D eigenvalue weighted by Gasteiger charge is -2.14. The molecular formula is C19H20ClN5O. The molecule has 0 spiro atoms. The second-order valence-electron chi connectivity index (χ2n) is 5.98. The smallest absolute Gasteiger partial charge is 0.249 e. The number of aryl methyl sites for hydroxylation is 3. The van der Waals surface area contributed by atoms with Crippen molar-refractivity contribution in [2.75, 3.05) is 17.7 Å². The summed E-state index contributed by atoms with van der Waals surface area (Å²) < 4.78 is 5.37. The third kappa shape index (κ3) is 3.86. The lowest BCUT2D eigenvalue weighted by atomic mass is 10.1. The zero-order valence-electron chi connectivity index (χ0n) is 15.1. The van der Waals surface area contributed by atoms with Crippen LogP contribution in [0.25, 0.3) is 0 Å². The maximum Gasteiger partial charge on any atom is 0.249 e. The fourth-order valence-corrected chi connectivity index (χ4v) is 2.76. The van der Waals surface area contributed by atoms with Crippen molar-refractivity contribution in [3.8, 4) is 5.75 Å². The summed E-state index contributed by atoms with van der Waals surface area (Å²) in [5.41, 5.74) is 4.92. The Balaban J connectivity index is 1.88. The molecule has 0 atom stereocenters. The molecule has 0 saturated heterocycles. The zero-order valence-corrected chi connectivity index (χ0v) is 15.8. The Morgan fingerprint density at radius 3 is 2.42 bits per heavy atom. The molecule has 0 amide bonds. The normalized spacial score (nSPS) is 10.5. The molecule has 0 saturated carbocycles. The van der Waals surface area contributed by atoms with Crippen molar-refractivity contribution in [2.24, 2.45) is 0 Å². The number of halogens is 1. The second-order valence-corrected chi connectivity index (χ2v) is 6.39. The molecule has 6 nitrogen and oxygen atoms in total. The molecular weight excluding hydrogens is 350 g/mol. The largest absolute Gasteiger partial charge is 0.495 e. The van der Waals surface area contributed by atoms with Gasteiger partial charge in [-0.3, -0.25) is 0 Å². The monoisotopic (exact) mass is 369 g/mol. The highest BCUT2D eigenvalue weighted by Crippen LogP contribution is 2.32. The quantitative estimate of drug-likeness (QED) is 0.663. The lowest BCUT2D eigenvalue weighted by molar-refractivity contribution is 0.416. The second kappa shape index (κ2) is 7.58. The van der Waals surface area contributed by atoms with E-state index in [2.05, 4.69) is 25.8 Å². The third-order valence-electron chi connectivity index (χ3n) is 4.02. The number of para-hydroxylation sites is 1. The summed E-state index contributed by atoms with van der Waals surface area (Å²) in [6, 6.07) is 9.76. The SMILES string of the molecule is COc1cc(Cl)c(C)cc1Nc1nncc(Nc2c(C)cccc2C)n1. The Morgan fingerprint density at radius 2 is 1.73 bits per heavy atom. The van der Waals surface area contributed by atoms with Gasteiger partial charge >= 0.3 is 0 Å². The van der Waals surface area contributed by atoms with Gasteiger partial charge in [-0.05, 0) is 43.5 Å². The van der Waals surface area contributed by atoms with Crippen molar-refractivity contribution in [2.45, 2.75) is 20.8 Å². The molecule has 2 N–H and O–H groups in total. The average Bonchev–Trinajstić information content (AvgIpc) is 2.61. The third-order valence-corrected chi connectivity index (χ3v) is 4.43. The first-order chi connectivity index (χ1) is 12.5. The molecule has 0 aliphatic heterocycles. The van der Waals surface area contributed by atoms with Crippen LogP contribution in [-0.4, -0.2) is 22.3 Å². The molecule has 1 heterocycles. The van der Waals surface area contributed by atoms with Gasteiger partial charge < -0.3 is 15.4 Å². The minimum absolute atomic E-state index is 0.362. The van der Waals surface area contributed by atoms with Gasteiger partial charge in [0.15, 0.2) is 5.82 Å². The van der Waals surface area contributed by atoms with Crippen LogP contribution in [0, 0.1) is 20.8 Å². The molecule has 134 valence electrons. The number of hydrogen-bond acceptors (Lipinski definition) is 6. The first kappa shape index (κ1) is 17.9. The van der Waals surface area contributed by atoms with Crippen molar-refractivity contribution in [1.29, 1.82) is 0 Å². The van der Waals surface area contributed by atoms with Gasteiger partial charge in [-0.1, -0.05) is 29.8 Å². The minimum atomic E-state index is 0.362. The van der Waals surface area contributed by atoms with E-state index in [4.69, 9.17) is 16.3 Å². The molecule has 1 aromatic heterocycles. The summed E-state index contributed by atoms with van der Waals surface area (Å²) in [5, 5.41) is 15.2. The van der Waals surface area contributed by atoms with E-state index < -0.39 is 0 Å². The van der Waals surface area contributed by atoms with Crippen LogP contribution in [0.3, 0.4) is 0 Å². The number of methoxy groups -OCH3 is 1. The van der Waals surface area contributed by atoms with E-state index >= 15 is 0 Å². The number of rotatable bonds is 5. The number of ether oxygens (including phenoxy) is 1. The predicted octanol–water partition coefficient (Wildman–Crippen LogP) is 4.95. The highest BCUT2D eigenvalue weighted by atomic mass is 35.5. The van der Waals surface area contributed by atoms with E-state index in [1.807, 2.05) is 45.0 Å². The topological polar surface area (TPSA) is 72.0 Å². The van der Waals surface area contributed by atoms with Gasteiger partial charge in [0.05, 0.1) is 19.0 Å². The van der Waals surface area contributed by atoms with Crippen LogP contribution in [0.1, 0.15) is 16.7 Å². The van der Waals surface area contributed by atoms with Gasteiger partial charge in [-0.2, -0.15) is 10.1 Å². The van der Waals surface area contributed by atoms with E-state index in [0.717, 1.165) is 28.1 Å². The van der Waals surface area contributed by atoms with Crippen LogP contribution in [-0.2, 0) is 0 Å². The Bertz CT molecular complexity index is 925. The van der Waals surface area contributed by atoms with Gasteiger partial charge in [0.25, 0.3) is 0 Å². The van der Waals surface area contributed by atoms with Gasteiger partial charge in [-0.25, -0.2) is 0 Å². The Morgan fingerprint density at radius 1 is 1.00 bits per heavy atom. The van der Waals surface area contributed by atoms with Gasteiger partial charge in [0.2, 0.25) is 5.95 Å². The van der Waals surface area contributed by atoms with Crippen LogP contribution in [0.15, 0.2) is 36.5 Å². The molecule has 0 fully saturated rings. The average molecular weight is 370 g/mol. The summed E-state index contributed by atoms with van der Waals surface area (Å²) in [4.78, 5) is 4.49. The fraction of sp³-hybridized carbons (Fsp3) is 0.211. The summed E-state index contributed by atoms with van der Waals surface area (Å²) in [7, 11) is 1.59. The first-order valence-corrected chi connectivity index (χ1v) is 8.50. The van der Waals surface area contributed by atoms with Gasteiger partial charge in [-0.15, -0.1) is 5.10 Å². The predicted molar refractivity (Wildman–Crippen MR) is 105 cm³/mol. The number of hydrogen-bond donors (Lipinski definition) is 2. The first-order valence-electron chi connectivity index (χ1n) is 8.12. The molecule has 0 aliphatic carbocycles. The van der Waals surface area contributed by atoms with Gasteiger partial charge in [0, 0.05) is 16.8 Å². The maximum atomic E-state index is 6.15. The standard InChI is InChI=1S/C19H20ClN5O/c1-11-6-5-7-12(2)18(11)23-17-10-21-25-19(24-17)22-15-8-13(3)14(20)9-16(15)26-4/h5-10H,1-4H3,(H2,22,23,24,25). The molecule has 7 heteroatoms. The van der Waals surface area contributed by atoms with E-state index in [0.29, 0.717) is 22.5 Å². The Kier molecular flexibility index (Phi) is 5.23. The summed E-state index contributed by atoms with van der Waals surface area (Å²) in [6.45, 7) is 6.01. The molecule has 0 bridgehead atoms. The number of aromatic nitrogens is 3. The molecule has 26 heavy (non-hydrogen) atoms. The summed E-state index contributed by atoms with van der Waals surface area (Å²) in [5.74, 6) is 1.57. The number of benzene rings is 2. The molecule has 3 rings (SSSR count). The van der Waals surface area contributed by atoms with Crippen molar-refractivity contribution in [1.82, 2.24) is 15.2 Å². The summed E-state index contributed by atoms with van der Waals surface area (Å²) in [6.07, 6.45) is 1.58. The molecule has 0 unspecified atom stereocenters. The molecule has 3 aromatic rings. The summed E-state index contributed by atoms with van der Waals surface area (Å²) >= 11 is 6.15. The highest BCUT2D eigenvalue weighted by Gasteiger charge is 2.10. The van der Waals surface area contributed by atoms with Crippen molar-refractivity contribution in [3.05, 3.63) is 58.2 Å². The molecule has 2 aromatic carbocycles. The van der Waals surface area contributed by atoms with E-state index in [1.165, 1.54) is 0 Å². The van der Waals surface area contributed by atoms with E-state index in [-0.39, 0.29) is 0 Å². The van der Waals surface area contributed by atoms with Crippen molar-refractivity contribution >= 4 is 34.7 Å². The van der Waals surface area contributed by atoms with Crippen LogP contribution in [0.5, 0.6) is 5.75 Å². The van der Waals surface area contributed by atoms with Crippen molar-refractivity contribution < 1.29 is 4.74 Å². The number of nitrogens with zero attached hydrogens (tertiary/aromatic N) is 3. The lowest BCUT2D eigenvalue weighted by Crippen LogP contribution is -2.05. The molecule has 0 aliphatic rings.